The van der Waals surface area contributed by atoms with Gasteiger partial charge in [0, 0.05) is 6.54 Å². The summed E-state index contributed by atoms with van der Waals surface area (Å²) in [4.78, 5) is 0. The lowest BCUT2D eigenvalue weighted by Crippen LogP contribution is -2.06. The van der Waals surface area contributed by atoms with Crippen LogP contribution in [-0.4, -0.2) is 14.9 Å². The van der Waals surface area contributed by atoms with E-state index in [0.29, 0.717) is 17.4 Å². The quantitative estimate of drug-likeness (QED) is 0.918. The van der Waals surface area contributed by atoms with E-state index in [1.54, 1.807) is 19.1 Å². The molecule has 0 fully saturated rings. The number of ether oxygens (including phenoxy) is 1. The fraction of sp³-hybridized carbons (Fsp3) is 0.400. The van der Waals surface area contributed by atoms with Crippen LogP contribution in [0.1, 0.15) is 36.9 Å². The molecule has 0 aliphatic heterocycles. The van der Waals surface area contributed by atoms with Gasteiger partial charge in [0.1, 0.15) is 12.4 Å². The highest BCUT2D eigenvalue weighted by atomic mass is 35.5. The van der Waals surface area contributed by atoms with E-state index >= 15 is 0 Å². The molecule has 20 heavy (non-hydrogen) atoms. The minimum Gasteiger partial charge on any atom is -0.486 e. The molecule has 4 nitrogen and oxygen atoms in total. The SMILES string of the molecule is CCn1nc(C)cc1COc1ccc(C(C)O)cc1Cl. The first kappa shape index (κ1) is 14.9. The molecule has 0 radical (unpaired) electrons. The fourth-order valence-electron chi connectivity index (χ4n) is 2.03. The molecule has 0 saturated carbocycles. The normalized spacial score (nSPS) is 12.4. The first-order valence-electron chi connectivity index (χ1n) is 6.65. The van der Waals surface area contributed by atoms with Crippen molar-refractivity contribution < 1.29 is 9.84 Å². The highest BCUT2D eigenvalue weighted by Crippen LogP contribution is 2.28. The lowest BCUT2D eigenvalue weighted by atomic mass is 10.1. The molecule has 0 aliphatic carbocycles. The van der Waals surface area contributed by atoms with E-state index in [4.69, 9.17) is 16.3 Å². The third-order valence-electron chi connectivity index (χ3n) is 3.10. The van der Waals surface area contributed by atoms with Crippen LogP contribution in [-0.2, 0) is 13.2 Å². The predicted molar refractivity (Wildman–Crippen MR) is 79.1 cm³/mol. The van der Waals surface area contributed by atoms with Crippen molar-refractivity contribution >= 4 is 11.6 Å². The summed E-state index contributed by atoms with van der Waals surface area (Å²) < 4.78 is 7.65. The van der Waals surface area contributed by atoms with E-state index in [2.05, 4.69) is 5.10 Å². The Bertz CT molecular complexity index is 594. The maximum absolute atomic E-state index is 9.51. The Morgan fingerprint density at radius 1 is 1.40 bits per heavy atom. The minimum atomic E-state index is -0.536. The number of benzene rings is 1. The van der Waals surface area contributed by atoms with Crippen LogP contribution in [0.25, 0.3) is 0 Å². The van der Waals surface area contributed by atoms with Crippen LogP contribution in [0, 0.1) is 6.92 Å². The van der Waals surface area contributed by atoms with E-state index in [1.807, 2.05) is 30.7 Å². The molecule has 2 aromatic rings. The molecule has 2 rings (SSSR count). The average Bonchev–Trinajstić information content (AvgIpc) is 2.77. The maximum Gasteiger partial charge on any atom is 0.138 e. The van der Waals surface area contributed by atoms with Gasteiger partial charge in [0.2, 0.25) is 0 Å². The molecule has 5 heteroatoms. The molecule has 1 atom stereocenters. The van der Waals surface area contributed by atoms with Gasteiger partial charge in [-0.15, -0.1) is 0 Å². The molecule has 0 spiro atoms. The Kier molecular flexibility index (Phi) is 4.68. The zero-order valence-corrected chi connectivity index (χ0v) is 12.7. The molecule has 1 N–H and O–H groups in total. The monoisotopic (exact) mass is 294 g/mol. The van der Waals surface area contributed by atoms with Crippen LogP contribution in [0.15, 0.2) is 24.3 Å². The number of halogens is 1. The summed E-state index contributed by atoms with van der Waals surface area (Å²) in [6.07, 6.45) is -0.536. The molecule has 1 unspecified atom stereocenters. The predicted octanol–water partition coefficient (Wildman–Crippen LogP) is 3.50. The van der Waals surface area contributed by atoms with Crippen LogP contribution < -0.4 is 4.74 Å². The van der Waals surface area contributed by atoms with Crippen LogP contribution in [0.5, 0.6) is 5.75 Å². The molecule has 1 aromatic carbocycles. The third kappa shape index (κ3) is 3.32. The summed E-state index contributed by atoms with van der Waals surface area (Å²) in [6.45, 7) is 6.93. The molecular formula is C15H19ClN2O2. The Morgan fingerprint density at radius 3 is 2.75 bits per heavy atom. The largest absolute Gasteiger partial charge is 0.486 e. The van der Waals surface area contributed by atoms with Crippen molar-refractivity contribution in [3.63, 3.8) is 0 Å². The summed E-state index contributed by atoms with van der Waals surface area (Å²) in [5.41, 5.74) is 2.76. The number of aromatic nitrogens is 2. The second-order valence-corrected chi connectivity index (χ2v) is 5.15. The number of hydrogen-bond donors (Lipinski definition) is 1. The van der Waals surface area contributed by atoms with Gasteiger partial charge >= 0.3 is 0 Å². The molecule has 1 aromatic heterocycles. The number of aryl methyl sites for hydroxylation is 2. The van der Waals surface area contributed by atoms with Crippen molar-refractivity contribution in [2.45, 2.75) is 40.0 Å². The molecule has 0 aliphatic rings. The Balaban J connectivity index is 2.10. The van der Waals surface area contributed by atoms with Gasteiger partial charge in [-0.05, 0) is 44.5 Å². The van der Waals surface area contributed by atoms with E-state index < -0.39 is 6.10 Å². The first-order valence-corrected chi connectivity index (χ1v) is 7.02. The minimum absolute atomic E-state index is 0.419. The molecule has 108 valence electrons. The fourth-order valence-corrected chi connectivity index (χ4v) is 2.28. The standard InChI is InChI=1S/C15H19ClN2O2/c1-4-18-13(7-10(2)17-18)9-20-15-6-5-12(11(3)19)8-14(15)16/h5-8,11,19H,4,9H2,1-3H3. The summed E-state index contributed by atoms with van der Waals surface area (Å²) in [5, 5.41) is 14.4. The third-order valence-corrected chi connectivity index (χ3v) is 3.39. The topological polar surface area (TPSA) is 47.3 Å². The highest BCUT2D eigenvalue weighted by molar-refractivity contribution is 6.32. The van der Waals surface area contributed by atoms with Crippen molar-refractivity contribution in [3.8, 4) is 5.75 Å². The van der Waals surface area contributed by atoms with Crippen LogP contribution in [0.2, 0.25) is 5.02 Å². The van der Waals surface area contributed by atoms with Crippen molar-refractivity contribution in [2.75, 3.05) is 0 Å². The van der Waals surface area contributed by atoms with Gasteiger partial charge in [0.25, 0.3) is 0 Å². The zero-order valence-electron chi connectivity index (χ0n) is 11.9. The van der Waals surface area contributed by atoms with Crippen molar-refractivity contribution in [3.05, 3.63) is 46.2 Å². The summed E-state index contributed by atoms with van der Waals surface area (Å²) >= 11 is 6.16. The molecule has 0 amide bonds. The van der Waals surface area contributed by atoms with Gasteiger partial charge in [-0.2, -0.15) is 5.10 Å². The lowest BCUT2D eigenvalue weighted by Gasteiger charge is -2.11. The van der Waals surface area contributed by atoms with Crippen molar-refractivity contribution in [1.82, 2.24) is 9.78 Å². The van der Waals surface area contributed by atoms with Crippen LogP contribution in [0.3, 0.4) is 0 Å². The average molecular weight is 295 g/mol. The number of hydrogen-bond acceptors (Lipinski definition) is 3. The van der Waals surface area contributed by atoms with Gasteiger partial charge in [-0.25, -0.2) is 0 Å². The smallest absolute Gasteiger partial charge is 0.138 e. The summed E-state index contributed by atoms with van der Waals surface area (Å²) in [6, 6.07) is 7.32. The Morgan fingerprint density at radius 2 is 2.15 bits per heavy atom. The lowest BCUT2D eigenvalue weighted by molar-refractivity contribution is 0.199. The zero-order chi connectivity index (χ0) is 14.7. The van der Waals surface area contributed by atoms with E-state index in [1.165, 1.54) is 0 Å². The van der Waals surface area contributed by atoms with E-state index in [0.717, 1.165) is 23.5 Å². The number of rotatable bonds is 5. The Hall–Kier alpha value is -1.52. The summed E-state index contributed by atoms with van der Waals surface area (Å²) in [7, 11) is 0. The van der Waals surface area contributed by atoms with Gasteiger partial charge in [-0.3, -0.25) is 4.68 Å². The molecule has 1 heterocycles. The number of aliphatic hydroxyl groups is 1. The number of nitrogens with zero attached hydrogens (tertiary/aromatic N) is 2. The second kappa shape index (κ2) is 6.29. The summed E-state index contributed by atoms with van der Waals surface area (Å²) in [5.74, 6) is 0.609. The van der Waals surface area contributed by atoms with Crippen LogP contribution >= 0.6 is 11.6 Å². The maximum atomic E-state index is 9.51. The second-order valence-electron chi connectivity index (χ2n) is 4.75. The van der Waals surface area contributed by atoms with Gasteiger partial charge in [-0.1, -0.05) is 17.7 Å². The highest BCUT2D eigenvalue weighted by Gasteiger charge is 2.09. The van der Waals surface area contributed by atoms with Gasteiger partial charge in [0.05, 0.1) is 22.5 Å². The number of aliphatic hydroxyl groups excluding tert-OH is 1. The van der Waals surface area contributed by atoms with E-state index in [9.17, 15) is 5.11 Å². The van der Waals surface area contributed by atoms with Gasteiger partial charge < -0.3 is 9.84 Å². The Labute approximate surface area is 123 Å². The van der Waals surface area contributed by atoms with Crippen molar-refractivity contribution in [2.24, 2.45) is 0 Å². The molecule has 0 bridgehead atoms. The van der Waals surface area contributed by atoms with Crippen molar-refractivity contribution in [1.29, 1.82) is 0 Å². The molecule has 0 saturated heterocycles. The van der Waals surface area contributed by atoms with Crippen LogP contribution in [0.4, 0.5) is 0 Å². The van der Waals surface area contributed by atoms with E-state index in [-0.39, 0.29) is 0 Å². The molecular weight excluding hydrogens is 276 g/mol. The van der Waals surface area contributed by atoms with Gasteiger partial charge in [0.15, 0.2) is 0 Å². The first-order chi connectivity index (χ1) is 9.51.